The summed E-state index contributed by atoms with van der Waals surface area (Å²) < 4.78 is 5.52. The lowest BCUT2D eigenvalue weighted by Gasteiger charge is -2.27. The summed E-state index contributed by atoms with van der Waals surface area (Å²) in [5, 5.41) is 0. The van der Waals surface area contributed by atoms with E-state index >= 15 is 0 Å². The maximum absolute atomic E-state index is 5.62. The lowest BCUT2D eigenvalue weighted by Crippen LogP contribution is -2.41. The van der Waals surface area contributed by atoms with Crippen molar-refractivity contribution in [2.24, 2.45) is 5.73 Å². The van der Waals surface area contributed by atoms with Crippen LogP contribution in [0.2, 0.25) is 0 Å². The van der Waals surface area contributed by atoms with Crippen LogP contribution in [0.3, 0.4) is 0 Å². The van der Waals surface area contributed by atoms with Crippen LogP contribution < -0.4 is 5.73 Å². The molecule has 0 aromatic carbocycles. The second-order valence-electron chi connectivity index (χ2n) is 3.56. The van der Waals surface area contributed by atoms with Gasteiger partial charge in [-0.15, -0.1) is 0 Å². The molecule has 0 fully saturated rings. The SMILES string of the molecule is CCOC(CN)CN(C)C(C)CSC. The van der Waals surface area contributed by atoms with E-state index in [4.69, 9.17) is 10.5 Å². The third kappa shape index (κ3) is 5.86. The molecule has 2 unspecified atom stereocenters. The average Bonchev–Trinajstić information content (AvgIpc) is 2.17. The third-order valence-electron chi connectivity index (χ3n) is 2.32. The van der Waals surface area contributed by atoms with Crippen molar-refractivity contribution in [1.29, 1.82) is 0 Å². The first-order valence-electron chi connectivity index (χ1n) is 5.16. The van der Waals surface area contributed by atoms with Gasteiger partial charge in [0.2, 0.25) is 0 Å². The van der Waals surface area contributed by atoms with Gasteiger partial charge < -0.3 is 15.4 Å². The van der Waals surface area contributed by atoms with Crippen molar-refractivity contribution in [3.05, 3.63) is 0 Å². The Labute approximate surface area is 92.4 Å². The Morgan fingerprint density at radius 3 is 2.57 bits per heavy atom. The number of hydrogen-bond acceptors (Lipinski definition) is 4. The zero-order valence-electron chi connectivity index (χ0n) is 9.82. The van der Waals surface area contributed by atoms with Crippen molar-refractivity contribution in [2.45, 2.75) is 26.0 Å². The number of nitrogens with two attached hydrogens (primary N) is 1. The molecular formula is C10H24N2OS. The summed E-state index contributed by atoms with van der Waals surface area (Å²) >= 11 is 1.87. The quantitative estimate of drug-likeness (QED) is 0.663. The van der Waals surface area contributed by atoms with Gasteiger partial charge in [-0.1, -0.05) is 0 Å². The Kier molecular flexibility index (Phi) is 8.67. The zero-order chi connectivity index (χ0) is 11.0. The van der Waals surface area contributed by atoms with E-state index in [2.05, 4.69) is 25.1 Å². The highest BCUT2D eigenvalue weighted by atomic mass is 32.2. The molecule has 0 saturated carbocycles. The molecule has 0 aromatic rings. The maximum Gasteiger partial charge on any atom is 0.0823 e. The molecule has 0 aliphatic carbocycles. The standard InChI is InChI=1S/C10H24N2OS/c1-5-13-10(6-11)7-12(3)9(2)8-14-4/h9-10H,5-8,11H2,1-4H3. The van der Waals surface area contributed by atoms with Gasteiger partial charge in [0.05, 0.1) is 6.10 Å². The summed E-state index contributed by atoms with van der Waals surface area (Å²) in [5.74, 6) is 1.15. The summed E-state index contributed by atoms with van der Waals surface area (Å²) in [5.41, 5.74) is 5.62. The van der Waals surface area contributed by atoms with Gasteiger partial charge in [-0.2, -0.15) is 11.8 Å². The molecule has 0 heterocycles. The first kappa shape index (κ1) is 14.2. The lowest BCUT2D eigenvalue weighted by atomic mass is 10.2. The van der Waals surface area contributed by atoms with Crippen LogP contribution in [0.25, 0.3) is 0 Å². The largest absolute Gasteiger partial charge is 0.376 e. The highest BCUT2D eigenvalue weighted by molar-refractivity contribution is 7.98. The fraction of sp³-hybridized carbons (Fsp3) is 1.00. The number of nitrogens with zero attached hydrogens (tertiary/aromatic N) is 1. The molecule has 0 bridgehead atoms. The van der Waals surface area contributed by atoms with E-state index in [9.17, 15) is 0 Å². The Morgan fingerprint density at radius 1 is 1.50 bits per heavy atom. The van der Waals surface area contributed by atoms with Gasteiger partial charge in [-0.05, 0) is 27.2 Å². The number of hydrogen-bond donors (Lipinski definition) is 1. The summed E-state index contributed by atoms with van der Waals surface area (Å²) in [4.78, 5) is 2.31. The smallest absolute Gasteiger partial charge is 0.0823 e. The monoisotopic (exact) mass is 220 g/mol. The second kappa shape index (κ2) is 8.53. The van der Waals surface area contributed by atoms with Crippen LogP contribution in [-0.4, -0.2) is 55.8 Å². The summed E-state index contributed by atoms with van der Waals surface area (Å²) in [6.45, 7) is 6.51. The Bertz CT molecular complexity index is 135. The highest BCUT2D eigenvalue weighted by Crippen LogP contribution is 2.05. The van der Waals surface area contributed by atoms with Gasteiger partial charge in [0.1, 0.15) is 0 Å². The number of ether oxygens (including phenoxy) is 1. The summed E-state index contributed by atoms with van der Waals surface area (Å²) in [6.07, 6.45) is 2.31. The topological polar surface area (TPSA) is 38.5 Å². The van der Waals surface area contributed by atoms with Crippen LogP contribution in [0.1, 0.15) is 13.8 Å². The average molecular weight is 220 g/mol. The fourth-order valence-electron chi connectivity index (χ4n) is 1.30. The van der Waals surface area contributed by atoms with E-state index in [0.717, 1.165) is 18.9 Å². The normalized spacial score (nSPS) is 15.9. The number of thioether (sulfide) groups is 1. The van der Waals surface area contributed by atoms with E-state index in [1.54, 1.807) is 0 Å². The predicted molar refractivity (Wildman–Crippen MR) is 64.9 cm³/mol. The zero-order valence-corrected chi connectivity index (χ0v) is 10.6. The summed E-state index contributed by atoms with van der Waals surface area (Å²) in [7, 11) is 2.13. The van der Waals surface area contributed by atoms with Crippen LogP contribution in [-0.2, 0) is 4.74 Å². The van der Waals surface area contributed by atoms with Gasteiger partial charge in [0, 0.05) is 31.5 Å². The van der Waals surface area contributed by atoms with Gasteiger partial charge in [-0.25, -0.2) is 0 Å². The molecule has 0 radical (unpaired) electrons. The third-order valence-corrected chi connectivity index (χ3v) is 3.13. The van der Waals surface area contributed by atoms with Crippen LogP contribution in [0, 0.1) is 0 Å². The lowest BCUT2D eigenvalue weighted by molar-refractivity contribution is 0.0393. The second-order valence-corrected chi connectivity index (χ2v) is 4.47. The molecule has 4 heteroatoms. The van der Waals surface area contributed by atoms with E-state index in [-0.39, 0.29) is 6.10 Å². The Balaban J connectivity index is 3.81. The molecule has 0 aliphatic rings. The van der Waals surface area contributed by atoms with Crippen molar-refractivity contribution < 1.29 is 4.74 Å². The first-order valence-corrected chi connectivity index (χ1v) is 6.55. The van der Waals surface area contributed by atoms with Crippen molar-refractivity contribution in [1.82, 2.24) is 4.90 Å². The van der Waals surface area contributed by atoms with Crippen LogP contribution >= 0.6 is 11.8 Å². The molecule has 2 N–H and O–H groups in total. The van der Waals surface area contributed by atoms with Crippen molar-refractivity contribution in [3.8, 4) is 0 Å². The van der Waals surface area contributed by atoms with Crippen molar-refractivity contribution in [3.63, 3.8) is 0 Å². The number of likely N-dealkylation sites (N-methyl/N-ethyl adjacent to an activating group) is 1. The van der Waals surface area contributed by atoms with E-state index in [0.29, 0.717) is 12.6 Å². The first-order chi connectivity index (χ1) is 6.65. The minimum Gasteiger partial charge on any atom is -0.376 e. The molecule has 0 amide bonds. The molecule has 14 heavy (non-hydrogen) atoms. The van der Waals surface area contributed by atoms with Crippen molar-refractivity contribution >= 4 is 11.8 Å². The van der Waals surface area contributed by atoms with Gasteiger partial charge >= 0.3 is 0 Å². The summed E-state index contributed by atoms with van der Waals surface area (Å²) in [6, 6.07) is 0.583. The van der Waals surface area contributed by atoms with Crippen molar-refractivity contribution in [2.75, 3.05) is 38.8 Å². The molecule has 0 spiro atoms. The van der Waals surface area contributed by atoms with Crippen LogP contribution in [0.15, 0.2) is 0 Å². The van der Waals surface area contributed by atoms with Crippen LogP contribution in [0.5, 0.6) is 0 Å². The molecule has 3 nitrogen and oxygen atoms in total. The highest BCUT2D eigenvalue weighted by Gasteiger charge is 2.14. The Hall–Kier alpha value is 0.230. The van der Waals surface area contributed by atoms with E-state index in [1.165, 1.54) is 0 Å². The maximum atomic E-state index is 5.62. The minimum atomic E-state index is 0.175. The van der Waals surface area contributed by atoms with Crippen LogP contribution in [0.4, 0.5) is 0 Å². The molecule has 2 atom stereocenters. The molecule has 0 saturated heterocycles. The fourth-order valence-corrected chi connectivity index (χ4v) is 2.04. The van der Waals surface area contributed by atoms with Gasteiger partial charge in [-0.3, -0.25) is 0 Å². The molecule has 0 rings (SSSR count). The molecule has 0 aromatic heterocycles. The molecule has 86 valence electrons. The Morgan fingerprint density at radius 2 is 2.14 bits per heavy atom. The number of rotatable bonds is 8. The van der Waals surface area contributed by atoms with E-state index in [1.807, 2.05) is 18.7 Å². The van der Waals surface area contributed by atoms with E-state index < -0.39 is 0 Å². The van der Waals surface area contributed by atoms with Gasteiger partial charge in [0.25, 0.3) is 0 Å². The molecule has 0 aliphatic heterocycles. The molecular weight excluding hydrogens is 196 g/mol. The van der Waals surface area contributed by atoms with Gasteiger partial charge in [0.15, 0.2) is 0 Å². The predicted octanol–water partition coefficient (Wildman–Crippen LogP) is 1.03. The minimum absolute atomic E-state index is 0.175.